The van der Waals surface area contributed by atoms with Crippen LogP contribution in [0.4, 0.5) is 0 Å². The fourth-order valence-corrected chi connectivity index (χ4v) is 1.36. The van der Waals surface area contributed by atoms with Crippen LogP contribution < -0.4 is 16.0 Å². The van der Waals surface area contributed by atoms with Crippen molar-refractivity contribution in [1.29, 1.82) is 0 Å². The maximum atomic E-state index is 11.4. The summed E-state index contributed by atoms with van der Waals surface area (Å²) < 4.78 is 0. The van der Waals surface area contributed by atoms with E-state index in [2.05, 4.69) is 16.0 Å². The van der Waals surface area contributed by atoms with Crippen LogP contribution >= 0.6 is 0 Å². The Kier molecular flexibility index (Phi) is 5.25. The largest absolute Gasteiger partial charge is 0.359 e. The van der Waals surface area contributed by atoms with E-state index in [1.807, 2.05) is 6.92 Å². The minimum Gasteiger partial charge on any atom is -0.359 e. The molecule has 1 saturated carbocycles. The molecule has 1 aliphatic carbocycles. The normalized spacial score (nSPS) is 16.6. The van der Waals surface area contributed by atoms with Crippen LogP contribution in [0.5, 0.6) is 0 Å². The third kappa shape index (κ3) is 5.70. The van der Waals surface area contributed by atoms with Gasteiger partial charge < -0.3 is 16.0 Å². The average molecular weight is 227 g/mol. The van der Waals surface area contributed by atoms with E-state index in [0.29, 0.717) is 12.3 Å². The monoisotopic (exact) mass is 227 g/mol. The fourth-order valence-electron chi connectivity index (χ4n) is 1.36. The molecule has 0 aromatic heterocycles. The lowest BCUT2D eigenvalue weighted by atomic mass is 10.2. The first-order chi connectivity index (χ1) is 7.61. The van der Waals surface area contributed by atoms with Crippen molar-refractivity contribution >= 4 is 11.8 Å². The van der Waals surface area contributed by atoms with Crippen molar-refractivity contribution < 1.29 is 9.59 Å². The SMILES string of the molecule is CNC(=O)CC(C)NCC(=O)NCC1CC1. The predicted octanol–water partition coefficient (Wildman–Crippen LogP) is -0.373. The Bertz CT molecular complexity index is 252. The zero-order valence-corrected chi connectivity index (χ0v) is 10.0. The summed E-state index contributed by atoms with van der Waals surface area (Å²) in [7, 11) is 1.61. The van der Waals surface area contributed by atoms with Crippen molar-refractivity contribution in [3.8, 4) is 0 Å². The van der Waals surface area contributed by atoms with Crippen LogP contribution in [0.2, 0.25) is 0 Å². The van der Waals surface area contributed by atoms with Gasteiger partial charge in [-0.15, -0.1) is 0 Å². The molecule has 16 heavy (non-hydrogen) atoms. The van der Waals surface area contributed by atoms with E-state index in [-0.39, 0.29) is 24.4 Å². The molecule has 2 amide bonds. The minimum atomic E-state index is -0.0154. The van der Waals surface area contributed by atoms with Crippen LogP contribution in [0.1, 0.15) is 26.2 Å². The molecule has 1 atom stereocenters. The molecule has 0 aliphatic heterocycles. The molecule has 0 aromatic carbocycles. The van der Waals surface area contributed by atoms with Gasteiger partial charge in [0.05, 0.1) is 6.54 Å². The lowest BCUT2D eigenvalue weighted by Crippen LogP contribution is -2.40. The zero-order chi connectivity index (χ0) is 12.0. The summed E-state index contributed by atoms with van der Waals surface area (Å²) in [6.07, 6.45) is 2.87. The molecule has 0 heterocycles. The zero-order valence-electron chi connectivity index (χ0n) is 10.0. The van der Waals surface area contributed by atoms with E-state index in [1.165, 1.54) is 12.8 Å². The highest BCUT2D eigenvalue weighted by Gasteiger charge is 2.21. The lowest BCUT2D eigenvalue weighted by Gasteiger charge is -2.12. The van der Waals surface area contributed by atoms with E-state index >= 15 is 0 Å². The molecule has 1 unspecified atom stereocenters. The van der Waals surface area contributed by atoms with Gasteiger partial charge in [0.2, 0.25) is 11.8 Å². The second-order valence-electron chi connectivity index (χ2n) is 4.41. The van der Waals surface area contributed by atoms with Crippen molar-refractivity contribution in [2.24, 2.45) is 5.92 Å². The number of nitrogens with one attached hydrogen (secondary N) is 3. The summed E-state index contributed by atoms with van der Waals surface area (Å²) in [5.74, 6) is 0.696. The Hall–Kier alpha value is -1.10. The third-order valence-electron chi connectivity index (χ3n) is 2.67. The quantitative estimate of drug-likeness (QED) is 0.555. The second-order valence-corrected chi connectivity index (χ2v) is 4.41. The Morgan fingerprint density at radius 2 is 2.00 bits per heavy atom. The Balaban J connectivity index is 2.02. The summed E-state index contributed by atoms with van der Waals surface area (Å²) in [6, 6.07) is 0.0200. The van der Waals surface area contributed by atoms with Gasteiger partial charge in [-0.25, -0.2) is 0 Å². The number of carbonyl (C=O) groups excluding carboxylic acids is 2. The van der Waals surface area contributed by atoms with E-state index in [1.54, 1.807) is 7.05 Å². The molecule has 5 heteroatoms. The molecular formula is C11H21N3O2. The minimum absolute atomic E-state index is 0.00987. The van der Waals surface area contributed by atoms with E-state index < -0.39 is 0 Å². The van der Waals surface area contributed by atoms with E-state index in [9.17, 15) is 9.59 Å². The molecule has 1 rings (SSSR count). The Morgan fingerprint density at radius 3 is 2.56 bits per heavy atom. The van der Waals surface area contributed by atoms with E-state index in [4.69, 9.17) is 0 Å². The van der Waals surface area contributed by atoms with Crippen LogP contribution in [0, 0.1) is 5.92 Å². The number of hydrogen-bond acceptors (Lipinski definition) is 3. The highest BCUT2D eigenvalue weighted by Crippen LogP contribution is 2.27. The Morgan fingerprint density at radius 1 is 1.31 bits per heavy atom. The first-order valence-corrected chi connectivity index (χ1v) is 5.82. The summed E-state index contributed by atoms with van der Waals surface area (Å²) >= 11 is 0. The highest BCUT2D eigenvalue weighted by molar-refractivity contribution is 5.78. The average Bonchev–Trinajstić information content (AvgIpc) is 3.07. The van der Waals surface area contributed by atoms with Crippen LogP contribution in [-0.4, -0.2) is 38.0 Å². The second kappa shape index (κ2) is 6.48. The fraction of sp³-hybridized carbons (Fsp3) is 0.818. The van der Waals surface area contributed by atoms with Crippen LogP contribution in [-0.2, 0) is 9.59 Å². The van der Waals surface area contributed by atoms with Crippen LogP contribution in [0.15, 0.2) is 0 Å². The van der Waals surface area contributed by atoms with E-state index in [0.717, 1.165) is 6.54 Å². The molecule has 0 saturated heterocycles. The van der Waals surface area contributed by atoms with Gasteiger partial charge in [0, 0.05) is 26.1 Å². The molecule has 0 radical (unpaired) electrons. The van der Waals surface area contributed by atoms with Crippen molar-refractivity contribution in [3.05, 3.63) is 0 Å². The standard InChI is InChI=1S/C11H21N3O2/c1-8(5-10(15)12-2)13-7-11(16)14-6-9-3-4-9/h8-9,13H,3-7H2,1-2H3,(H,12,15)(H,14,16). The molecule has 0 bridgehead atoms. The molecule has 0 aromatic rings. The van der Waals surface area contributed by atoms with Gasteiger partial charge in [-0.05, 0) is 25.7 Å². The van der Waals surface area contributed by atoms with Crippen LogP contribution in [0.3, 0.4) is 0 Å². The Labute approximate surface area is 96.4 Å². The summed E-state index contributed by atoms with van der Waals surface area (Å²) in [4.78, 5) is 22.4. The van der Waals surface area contributed by atoms with Gasteiger partial charge in [-0.3, -0.25) is 9.59 Å². The van der Waals surface area contributed by atoms with Gasteiger partial charge in [-0.2, -0.15) is 0 Å². The number of hydrogen-bond donors (Lipinski definition) is 3. The first kappa shape index (κ1) is 13.0. The highest BCUT2D eigenvalue weighted by atomic mass is 16.2. The first-order valence-electron chi connectivity index (χ1n) is 5.82. The molecule has 1 aliphatic rings. The molecule has 5 nitrogen and oxygen atoms in total. The lowest BCUT2D eigenvalue weighted by molar-refractivity contribution is -0.122. The maximum Gasteiger partial charge on any atom is 0.233 e. The number of rotatable bonds is 7. The molecular weight excluding hydrogens is 206 g/mol. The topological polar surface area (TPSA) is 70.2 Å². The van der Waals surface area contributed by atoms with Gasteiger partial charge in [-0.1, -0.05) is 0 Å². The number of carbonyl (C=O) groups is 2. The van der Waals surface area contributed by atoms with Crippen molar-refractivity contribution in [2.45, 2.75) is 32.2 Å². The third-order valence-corrected chi connectivity index (χ3v) is 2.67. The molecule has 1 fully saturated rings. The number of amides is 2. The molecule has 3 N–H and O–H groups in total. The molecule has 92 valence electrons. The van der Waals surface area contributed by atoms with Gasteiger partial charge in [0.1, 0.15) is 0 Å². The predicted molar refractivity (Wildman–Crippen MR) is 61.9 cm³/mol. The smallest absolute Gasteiger partial charge is 0.233 e. The van der Waals surface area contributed by atoms with Gasteiger partial charge in [0.15, 0.2) is 0 Å². The van der Waals surface area contributed by atoms with Crippen molar-refractivity contribution in [1.82, 2.24) is 16.0 Å². The van der Waals surface area contributed by atoms with Crippen LogP contribution in [0.25, 0.3) is 0 Å². The van der Waals surface area contributed by atoms with Gasteiger partial charge in [0.25, 0.3) is 0 Å². The molecule has 0 spiro atoms. The maximum absolute atomic E-state index is 11.4. The van der Waals surface area contributed by atoms with Gasteiger partial charge >= 0.3 is 0 Å². The summed E-state index contributed by atoms with van der Waals surface area (Å²) in [5, 5.41) is 8.44. The summed E-state index contributed by atoms with van der Waals surface area (Å²) in [6.45, 7) is 2.97. The van der Waals surface area contributed by atoms with Crippen molar-refractivity contribution in [2.75, 3.05) is 20.1 Å². The van der Waals surface area contributed by atoms with Crippen molar-refractivity contribution in [3.63, 3.8) is 0 Å². The summed E-state index contributed by atoms with van der Waals surface area (Å²) in [5.41, 5.74) is 0.